The van der Waals surface area contributed by atoms with Crippen molar-refractivity contribution in [3.05, 3.63) is 94.2 Å². The van der Waals surface area contributed by atoms with Gasteiger partial charge in [0.15, 0.2) is 0 Å². The molecule has 6 rings (SSSR count). The number of hydrogen-bond acceptors (Lipinski definition) is 5. The second kappa shape index (κ2) is 9.66. The van der Waals surface area contributed by atoms with Crippen LogP contribution in [0.15, 0.2) is 71.7 Å². The summed E-state index contributed by atoms with van der Waals surface area (Å²) in [6.07, 6.45) is 6.99. The number of benzene rings is 2. The molecule has 7 nitrogen and oxygen atoms in total. The number of pyridine rings is 1. The van der Waals surface area contributed by atoms with Crippen LogP contribution in [0.2, 0.25) is 0 Å². The van der Waals surface area contributed by atoms with Crippen LogP contribution in [0.4, 0.5) is 0 Å². The lowest BCUT2D eigenvalue weighted by Gasteiger charge is -2.32. The molecule has 0 aliphatic carbocycles. The van der Waals surface area contributed by atoms with Crippen LogP contribution in [0, 0.1) is 0 Å². The number of aromatic amines is 1. The van der Waals surface area contributed by atoms with Crippen molar-refractivity contribution in [2.75, 3.05) is 26.7 Å². The van der Waals surface area contributed by atoms with Crippen LogP contribution in [0.25, 0.3) is 16.6 Å². The molecule has 1 saturated heterocycles. The monoisotopic (exact) mass is 482 g/mol. The molecule has 2 aromatic heterocycles. The fourth-order valence-electron chi connectivity index (χ4n) is 5.51. The number of fused-ring (bicyclic) bond motifs is 3. The number of aromatic nitrogens is 3. The molecule has 4 heterocycles. The third kappa shape index (κ3) is 4.20. The Labute approximate surface area is 210 Å². The van der Waals surface area contributed by atoms with Crippen molar-refractivity contribution < 1.29 is 9.47 Å². The van der Waals surface area contributed by atoms with Gasteiger partial charge in [-0.05, 0) is 61.2 Å². The lowest BCUT2D eigenvalue weighted by atomic mass is 9.95. The van der Waals surface area contributed by atoms with Gasteiger partial charge in [-0.25, -0.2) is 4.79 Å². The Kier molecular flexibility index (Phi) is 6.07. The van der Waals surface area contributed by atoms with Gasteiger partial charge in [0.05, 0.1) is 23.8 Å². The highest BCUT2D eigenvalue weighted by molar-refractivity contribution is 5.85. The van der Waals surface area contributed by atoms with Gasteiger partial charge >= 0.3 is 5.69 Å². The van der Waals surface area contributed by atoms with Gasteiger partial charge in [0, 0.05) is 43.0 Å². The topological polar surface area (TPSA) is 72.4 Å². The van der Waals surface area contributed by atoms with Crippen LogP contribution in [0.1, 0.15) is 42.1 Å². The molecule has 184 valence electrons. The summed E-state index contributed by atoms with van der Waals surface area (Å²) >= 11 is 0. The maximum Gasteiger partial charge on any atom is 0.326 e. The Bertz CT molecular complexity index is 1480. The van der Waals surface area contributed by atoms with E-state index in [2.05, 4.69) is 27.0 Å². The average molecular weight is 483 g/mol. The zero-order valence-electron chi connectivity index (χ0n) is 20.4. The van der Waals surface area contributed by atoms with Crippen LogP contribution in [0.5, 0.6) is 11.5 Å². The third-order valence-electron chi connectivity index (χ3n) is 7.36. The van der Waals surface area contributed by atoms with Crippen LogP contribution in [0.3, 0.4) is 0 Å². The second-order valence-electron chi connectivity index (χ2n) is 9.45. The molecule has 2 aliphatic rings. The number of para-hydroxylation sites is 2. The van der Waals surface area contributed by atoms with E-state index in [-0.39, 0.29) is 11.7 Å². The summed E-state index contributed by atoms with van der Waals surface area (Å²) in [5.41, 5.74) is 6.16. The van der Waals surface area contributed by atoms with Crippen molar-refractivity contribution in [1.82, 2.24) is 19.4 Å². The Morgan fingerprint density at radius 1 is 1.11 bits per heavy atom. The molecule has 1 N–H and O–H groups in total. The highest BCUT2D eigenvalue weighted by atomic mass is 16.5. The van der Waals surface area contributed by atoms with Gasteiger partial charge in [-0.3, -0.25) is 9.55 Å². The summed E-state index contributed by atoms with van der Waals surface area (Å²) < 4.78 is 13.5. The first-order chi connectivity index (χ1) is 17.7. The number of methoxy groups -OCH3 is 1. The first kappa shape index (κ1) is 22.6. The zero-order valence-corrected chi connectivity index (χ0v) is 20.4. The van der Waals surface area contributed by atoms with E-state index >= 15 is 0 Å². The minimum absolute atomic E-state index is 0.00339. The van der Waals surface area contributed by atoms with Crippen molar-refractivity contribution >= 4 is 16.6 Å². The van der Waals surface area contributed by atoms with E-state index in [1.54, 1.807) is 7.11 Å². The van der Waals surface area contributed by atoms with Crippen LogP contribution in [-0.2, 0) is 6.61 Å². The predicted octanol–water partition coefficient (Wildman–Crippen LogP) is 4.78. The Hall–Kier alpha value is -3.84. The van der Waals surface area contributed by atoms with Gasteiger partial charge in [0.25, 0.3) is 0 Å². The number of ether oxygens (including phenoxy) is 2. The number of nitrogens with one attached hydrogen (secondary N) is 1. The first-order valence-electron chi connectivity index (χ1n) is 12.6. The summed E-state index contributed by atoms with van der Waals surface area (Å²) in [6.45, 7) is 3.37. The number of hydrogen-bond donors (Lipinski definition) is 1. The molecule has 0 radical (unpaired) electrons. The van der Waals surface area contributed by atoms with Gasteiger partial charge in [-0.2, -0.15) is 0 Å². The standard InChI is InChI=1S/C29H30N4O3/c1-35-21-10-11-28-24(18-21)22(23-6-4-14-30-26(23)19-36-28)7-5-15-32-16-12-20(13-17-32)33-27-9-3-2-8-25(27)31-29(33)34/h2-4,6-11,14,18,20H,5,12-13,15-17,19H2,1H3,(H,31,34)/b22-7+. The summed E-state index contributed by atoms with van der Waals surface area (Å²) in [6, 6.07) is 18.3. The molecule has 2 aromatic carbocycles. The first-order valence-corrected chi connectivity index (χ1v) is 12.6. The largest absolute Gasteiger partial charge is 0.497 e. The molecule has 2 aliphatic heterocycles. The molecule has 36 heavy (non-hydrogen) atoms. The molecule has 0 atom stereocenters. The van der Waals surface area contributed by atoms with Crippen molar-refractivity contribution in [2.45, 2.75) is 31.9 Å². The molecule has 4 aromatic rings. The minimum atomic E-state index is -0.00339. The lowest BCUT2D eigenvalue weighted by Crippen LogP contribution is -2.37. The van der Waals surface area contributed by atoms with Crippen LogP contribution in [-0.4, -0.2) is 46.2 Å². The molecule has 7 heteroatoms. The SMILES string of the molecule is COc1ccc2c(c1)/C(=C/CCN1CCC(n3c(=O)[nH]c4ccccc43)CC1)c1cccnc1CO2. The van der Waals surface area contributed by atoms with Gasteiger partial charge in [-0.15, -0.1) is 0 Å². The molecular formula is C29H30N4O3. The van der Waals surface area contributed by atoms with Gasteiger partial charge in [0.1, 0.15) is 18.1 Å². The van der Waals surface area contributed by atoms with E-state index in [4.69, 9.17) is 9.47 Å². The van der Waals surface area contributed by atoms with Crippen molar-refractivity contribution in [3.63, 3.8) is 0 Å². The Morgan fingerprint density at radius 3 is 2.83 bits per heavy atom. The summed E-state index contributed by atoms with van der Waals surface area (Å²) in [5.74, 6) is 1.66. The molecular weight excluding hydrogens is 452 g/mol. The number of rotatable bonds is 5. The smallest absolute Gasteiger partial charge is 0.326 e. The highest BCUT2D eigenvalue weighted by Crippen LogP contribution is 2.38. The minimum Gasteiger partial charge on any atom is -0.497 e. The van der Waals surface area contributed by atoms with Crippen LogP contribution < -0.4 is 15.2 Å². The number of likely N-dealkylation sites (tertiary alicyclic amines) is 1. The second-order valence-corrected chi connectivity index (χ2v) is 9.45. The van der Waals surface area contributed by atoms with E-state index in [1.807, 2.05) is 59.3 Å². The van der Waals surface area contributed by atoms with E-state index in [1.165, 1.54) is 0 Å². The van der Waals surface area contributed by atoms with E-state index in [9.17, 15) is 4.79 Å². The maximum absolute atomic E-state index is 12.6. The fraction of sp³-hybridized carbons (Fsp3) is 0.310. The number of nitrogens with zero attached hydrogens (tertiary/aromatic N) is 3. The highest BCUT2D eigenvalue weighted by Gasteiger charge is 2.24. The number of H-pyrrole nitrogens is 1. The Morgan fingerprint density at radius 2 is 1.97 bits per heavy atom. The van der Waals surface area contributed by atoms with E-state index in [0.717, 1.165) is 83.8 Å². The van der Waals surface area contributed by atoms with Crippen molar-refractivity contribution in [1.29, 1.82) is 0 Å². The van der Waals surface area contributed by atoms with E-state index < -0.39 is 0 Å². The zero-order chi connectivity index (χ0) is 24.5. The quantitative estimate of drug-likeness (QED) is 0.443. The molecule has 1 fully saturated rings. The predicted molar refractivity (Wildman–Crippen MR) is 141 cm³/mol. The number of imidazole rings is 1. The normalized spacial score (nSPS) is 17.4. The summed E-state index contributed by atoms with van der Waals surface area (Å²) in [5, 5.41) is 0. The lowest BCUT2D eigenvalue weighted by molar-refractivity contribution is 0.189. The fourth-order valence-corrected chi connectivity index (χ4v) is 5.51. The molecule has 0 bridgehead atoms. The number of piperidine rings is 1. The molecule has 0 amide bonds. The van der Waals surface area contributed by atoms with Gasteiger partial charge in [-0.1, -0.05) is 24.3 Å². The average Bonchev–Trinajstić information content (AvgIpc) is 3.17. The molecule has 0 unspecified atom stereocenters. The summed E-state index contributed by atoms with van der Waals surface area (Å²) in [4.78, 5) is 22.7. The van der Waals surface area contributed by atoms with Crippen molar-refractivity contribution in [2.24, 2.45) is 0 Å². The maximum atomic E-state index is 12.6. The van der Waals surface area contributed by atoms with Crippen LogP contribution >= 0.6 is 0 Å². The van der Waals surface area contributed by atoms with Gasteiger partial charge in [0.2, 0.25) is 0 Å². The molecule has 0 saturated carbocycles. The molecule has 0 spiro atoms. The van der Waals surface area contributed by atoms with Gasteiger partial charge < -0.3 is 19.4 Å². The third-order valence-corrected chi connectivity index (χ3v) is 7.36. The Balaban J connectivity index is 1.18. The summed E-state index contributed by atoms with van der Waals surface area (Å²) in [7, 11) is 1.69. The van der Waals surface area contributed by atoms with E-state index in [0.29, 0.717) is 6.61 Å². The van der Waals surface area contributed by atoms with Crippen molar-refractivity contribution in [3.8, 4) is 11.5 Å².